The van der Waals surface area contributed by atoms with E-state index in [0.29, 0.717) is 5.92 Å². The molecule has 1 rings (SSSR count). The highest BCUT2D eigenvalue weighted by atomic mass is 16.5. The minimum atomic E-state index is 0.633. The van der Waals surface area contributed by atoms with Gasteiger partial charge in [-0.25, -0.2) is 0 Å². The molecule has 1 unspecified atom stereocenters. The fourth-order valence-electron chi connectivity index (χ4n) is 1.37. The quantitative estimate of drug-likeness (QED) is 0.706. The maximum atomic E-state index is 5.82. The third-order valence-corrected chi connectivity index (χ3v) is 2.62. The molecule has 14 heavy (non-hydrogen) atoms. The molecule has 0 bridgehead atoms. The third kappa shape index (κ3) is 2.76. The molecule has 0 aliphatic rings. The van der Waals surface area contributed by atoms with E-state index in [9.17, 15) is 0 Å². The van der Waals surface area contributed by atoms with Crippen molar-refractivity contribution in [2.45, 2.75) is 34.1 Å². The summed E-state index contributed by atoms with van der Waals surface area (Å²) in [6.07, 6.45) is 1.17. The Morgan fingerprint density at radius 2 is 1.79 bits per heavy atom. The van der Waals surface area contributed by atoms with E-state index < -0.39 is 0 Å². The second-order valence-electron chi connectivity index (χ2n) is 4.05. The predicted octanol–water partition coefficient (Wildman–Crippen LogP) is 3.73. The summed E-state index contributed by atoms with van der Waals surface area (Å²) in [5.74, 6) is 1.70. The second kappa shape index (κ2) is 5.04. The van der Waals surface area contributed by atoms with E-state index >= 15 is 0 Å². The maximum Gasteiger partial charge on any atom is 0.125 e. The average molecular weight is 192 g/mol. The average Bonchev–Trinajstić information content (AvgIpc) is 2.16. The van der Waals surface area contributed by atoms with Crippen LogP contribution in [0.15, 0.2) is 18.2 Å². The van der Waals surface area contributed by atoms with Crippen molar-refractivity contribution in [3.05, 3.63) is 29.3 Å². The molecule has 0 aromatic heterocycles. The van der Waals surface area contributed by atoms with Gasteiger partial charge < -0.3 is 4.74 Å². The highest BCUT2D eigenvalue weighted by Crippen LogP contribution is 2.23. The molecule has 0 heterocycles. The van der Waals surface area contributed by atoms with Crippen molar-refractivity contribution in [3.8, 4) is 5.75 Å². The highest BCUT2D eigenvalue weighted by molar-refractivity contribution is 5.39. The summed E-state index contributed by atoms with van der Waals surface area (Å²) in [4.78, 5) is 0. The van der Waals surface area contributed by atoms with Crippen LogP contribution in [-0.4, -0.2) is 6.61 Å². The molecule has 0 spiro atoms. The van der Waals surface area contributed by atoms with Gasteiger partial charge >= 0.3 is 0 Å². The number of benzene rings is 1. The lowest BCUT2D eigenvalue weighted by Crippen LogP contribution is -2.08. The first-order valence-electron chi connectivity index (χ1n) is 5.34. The fraction of sp³-hybridized carbons (Fsp3) is 0.538. The SMILES string of the molecule is CCC(C)COc1c(C)cccc1C. The minimum absolute atomic E-state index is 0.633. The van der Waals surface area contributed by atoms with Crippen LogP contribution in [0.5, 0.6) is 5.75 Å². The van der Waals surface area contributed by atoms with Gasteiger partial charge in [0.25, 0.3) is 0 Å². The molecule has 0 radical (unpaired) electrons. The Morgan fingerprint density at radius 3 is 2.29 bits per heavy atom. The van der Waals surface area contributed by atoms with Crippen LogP contribution in [0, 0.1) is 19.8 Å². The largest absolute Gasteiger partial charge is 0.493 e. The zero-order valence-electron chi connectivity index (χ0n) is 9.63. The van der Waals surface area contributed by atoms with E-state index in [2.05, 4.69) is 45.9 Å². The van der Waals surface area contributed by atoms with Gasteiger partial charge in [0, 0.05) is 0 Å². The summed E-state index contributed by atoms with van der Waals surface area (Å²) in [6.45, 7) is 9.42. The summed E-state index contributed by atoms with van der Waals surface area (Å²) in [6, 6.07) is 6.26. The van der Waals surface area contributed by atoms with E-state index in [0.717, 1.165) is 12.4 Å². The Morgan fingerprint density at radius 1 is 1.21 bits per heavy atom. The van der Waals surface area contributed by atoms with Crippen molar-refractivity contribution in [1.82, 2.24) is 0 Å². The molecule has 0 saturated carbocycles. The van der Waals surface area contributed by atoms with Gasteiger partial charge in [-0.15, -0.1) is 0 Å². The molecule has 0 aliphatic carbocycles. The van der Waals surface area contributed by atoms with E-state index in [4.69, 9.17) is 4.74 Å². The summed E-state index contributed by atoms with van der Waals surface area (Å²) in [5, 5.41) is 0. The van der Waals surface area contributed by atoms with Crippen molar-refractivity contribution in [2.24, 2.45) is 5.92 Å². The van der Waals surface area contributed by atoms with E-state index in [1.165, 1.54) is 17.5 Å². The van der Waals surface area contributed by atoms with Gasteiger partial charge in [0.1, 0.15) is 5.75 Å². The van der Waals surface area contributed by atoms with Crippen LogP contribution in [0.3, 0.4) is 0 Å². The van der Waals surface area contributed by atoms with Gasteiger partial charge in [-0.3, -0.25) is 0 Å². The van der Waals surface area contributed by atoms with Crippen LogP contribution in [0.2, 0.25) is 0 Å². The van der Waals surface area contributed by atoms with Gasteiger partial charge in [0.2, 0.25) is 0 Å². The number of para-hydroxylation sites is 1. The second-order valence-corrected chi connectivity index (χ2v) is 4.05. The Labute approximate surface area is 87.1 Å². The molecule has 0 saturated heterocycles. The zero-order chi connectivity index (χ0) is 10.6. The highest BCUT2D eigenvalue weighted by Gasteiger charge is 2.05. The lowest BCUT2D eigenvalue weighted by atomic mass is 10.1. The van der Waals surface area contributed by atoms with Crippen LogP contribution < -0.4 is 4.74 Å². The van der Waals surface area contributed by atoms with Gasteiger partial charge in [-0.2, -0.15) is 0 Å². The van der Waals surface area contributed by atoms with Crippen molar-refractivity contribution in [2.75, 3.05) is 6.61 Å². The smallest absolute Gasteiger partial charge is 0.125 e. The van der Waals surface area contributed by atoms with Gasteiger partial charge in [0.15, 0.2) is 0 Å². The van der Waals surface area contributed by atoms with Crippen LogP contribution in [0.1, 0.15) is 31.4 Å². The molecule has 0 aliphatic heterocycles. The van der Waals surface area contributed by atoms with Gasteiger partial charge in [-0.1, -0.05) is 38.5 Å². The lowest BCUT2D eigenvalue weighted by molar-refractivity contribution is 0.253. The molecule has 1 aromatic rings. The van der Waals surface area contributed by atoms with Crippen LogP contribution in [0.4, 0.5) is 0 Å². The molecular formula is C13H20O. The molecule has 1 aromatic carbocycles. The Hall–Kier alpha value is -0.980. The summed E-state index contributed by atoms with van der Waals surface area (Å²) < 4.78 is 5.82. The van der Waals surface area contributed by atoms with Crippen LogP contribution in [-0.2, 0) is 0 Å². The zero-order valence-corrected chi connectivity index (χ0v) is 9.63. The van der Waals surface area contributed by atoms with Crippen molar-refractivity contribution >= 4 is 0 Å². The normalized spacial score (nSPS) is 12.6. The molecule has 1 atom stereocenters. The predicted molar refractivity (Wildman–Crippen MR) is 60.9 cm³/mol. The summed E-state index contributed by atoms with van der Waals surface area (Å²) >= 11 is 0. The monoisotopic (exact) mass is 192 g/mol. The van der Waals surface area contributed by atoms with E-state index in [1.807, 2.05) is 0 Å². The van der Waals surface area contributed by atoms with Crippen molar-refractivity contribution in [1.29, 1.82) is 0 Å². The van der Waals surface area contributed by atoms with Gasteiger partial charge in [-0.05, 0) is 30.9 Å². The molecular weight excluding hydrogens is 172 g/mol. The topological polar surface area (TPSA) is 9.23 Å². The van der Waals surface area contributed by atoms with Crippen LogP contribution in [0.25, 0.3) is 0 Å². The summed E-state index contributed by atoms with van der Waals surface area (Å²) in [7, 11) is 0. The summed E-state index contributed by atoms with van der Waals surface area (Å²) in [5.41, 5.74) is 2.46. The van der Waals surface area contributed by atoms with Crippen LogP contribution >= 0.6 is 0 Å². The van der Waals surface area contributed by atoms with E-state index in [1.54, 1.807) is 0 Å². The first kappa shape index (κ1) is 11.1. The molecule has 1 nitrogen and oxygen atoms in total. The van der Waals surface area contributed by atoms with Crippen molar-refractivity contribution < 1.29 is 4.74 Å². The maximum absolute atomic E-state index is 5.82. The number of ether oxygens (including phenoxy) is 1. The third-order valence-electron chi connectivity index (χ3n) is 2.62. The lowest BCUT2D eigenvalue weighted by Gasteiger charge is -2.14. The number of hydrogen-bond acceptors (Lipinski definition) is 1. The first-order valence-corrected chi connectivity index (χ1v) is 5.34. The Kier molecular flexibility index (Phi) is 3.99. The Balaban J connectivity index is 2.66. The fourth-order valence-corrected chi connectivity index (χ4v) is 1.37. The van der Waals surface area contributed by atoms with E-state index in [-0.39, 0.29) is 0 Å². The number of hydrogen-bond donors (Lipinski definition) is 0. The molecule has 0 amide bonds. The first-order chi connectivity index (χ1) is 6.65. The van der Waals surface area contributed by atoms with Crippen molar-refractivity contribution in [3.63, 3.8) is 0 Å². The molecule has 78 valence electrons. The molecule has 0 fully saturated rings. The number of aryl methyl sites for hydroxylation is 2. The van der Waals surface area contributed by atoms with Gasteiger partial charge in [0.05, 0.1) is 6.61 Å². The Bertz CT molecular complexity index is 271. The minimum Gasteiger partial charge on any atom is -0.493 e. The number of rotatable bonds is 4. The molecule has 1 heteroatoms. The molecule has 0 N–H and O–H groups in total. The standard InChI is InChI=1S/C13H20O/c1-5-10(2)9-14-13-11(3)7-6-8-12(13)4/h6-8,10H,5,9H2,1-4H3.